The molecule has 0 unspecified atom stereocenters. The molecule has 2 aromatic rings. The van der Waals surface area contributed by atoms with Crippen molar-refractivity contribution < 1.29 is 14.3 Å². The third-order valence-corrected chi connectivity index (χ3v) is 4.63. The van der Waals surface area contributed by atoms with E-state index in [-0.39, 0.29) is 5.91 Å². The molecular weight excluding hydrogens is 338 g/mol. The standard InChI is InChI=1S/C23H31NO3/c1-6-26-21-12-8-7-10-20(21)11-9-13-24-23(25)19(5)27-22-15-16(2)14-17(3)18(22)4/h7-8,10,12,14-15,19H,6,9,11,13H2,1-5H3,(H,24,25)/t19-/m0/s1. The molecule has 0 spiro atoms. The van der Waals surface area contributed by atoms with E-state index in [0.717, 1.165) is 35.5 Å². The van der Waals surface area contributed by atoms with Gasteiger partial charge in [-0.2, -0.15) is 0 Å². The molecular formula is C23H31NO3. The van der Waals surface area contributed by atoms with Gasteiger partial charge >= 0.3 is 0 Å². The van der Waals surface area contributed by atoms with Crippen molar-refractivity contribution in [1.82, 2.24) is 5.32 Å². The van der Waals surface area contributed by atoms with Crippen LogP contribution in [0.15, 0.2) is 36.4 Å². The fourth-order valence-corrected chi connectivity index (χ4v) is 3.01. The van der Waals surface area contributed by atoms with Gasteiger partial charge in [-0.3, -0.25) is 4.79 Å². The maximum atomic E-state index is 12.3. The van der Waals surface area contributed by atoms with Crippen LogP contribution in [-0.2, 0) is 11.2 Å². The van der Waals surface area contributed by atoms with Crippen LogP contribution >= 0.6 is 0 Å². The number of carbonyl (C=O) groups is 1. The van der Waals surface area contributed by atoms with Crippen LogP contribution in [-0.4, -0.2) is 25.2 Å². The predicted octanol–water partition coefficient (Wildman–Crippen LogP) is 4.53. The Morgan fingerprint density at radius 2 is 1.85 bits per heavy atom. The number of hydrogen-bond acceptors (Lipinski definition) is 3. The average Bonchev–Trinajstić information content (AvgIpc) is 2.64. The van der Waals surface area contributed by atoms with Crippen LogP contribution in [0.1, 0.15) is 42.5 Å². The summed E-state index contributed by atoms with van der Waals surface area (Å²) < 4.78 is 11.5. The molecule has 0 aromatic heterocycles. The maximum Gasteiger partial charge on any atom is 0.260 e. The summed E-state index contributed by atoms with van der Waals surface area (Å²) in [7, 11) is 0. The zero-order valence-electron chi connectivity index (χ0n) is 17.1. The highest BCUT2D eigenvalue weighted by Gasteiger charge is 2.16. The van der Waals surface area contributed by atoms with Crippen LogP contribution in [0.4, 0.5) is 0 Å². The van der Waals surface area contributed by atoms with E-state index in [1.54, 1.807) is 6.92 Å². The Hall–Kier alpha value is -2.49. The number of hydrogen-bond donors (Lipinski definition) is 1. The number of rotatable bonds is 9. The monoisotopic (exact) mass is 369 g/mol. The first-order valence-corrected chi connectivity index (χ1v) is 9.65. The molecule has 2 rings (SSSR count). The minimum absolute atomic E-state index is 0.0911. The molecule has 0 radical (unpaired) electrons. The molecule has 4 heteroatoms. The maximum absolute atomic E-state index is 12.3. The summed E-state index contributed by atoms with van der Waals surface area (Å²) in [5.74, 6) is 1.61. The first-order valence-electron chi connectivity index (χ1n) is 9.65. The van der Waals surface area contributed by atoms with Gasteiger partial charge in [0.25, 0.3) is 5.91 Å². The van der Waals surface area contributed by atoms with Crippen molar-refractivity contribution in [3.63, 3.8) is 0 Å². The fourth-order valence-electron chi connectivity index (χ4n) is 3.01. The quantitative estimate of drug-likeness (QED) is 0.661. The van der Waals surface area contributed by atoms with Crippen LogP contribution in [0.25, 0.3) is 0 Å². The first kappa shape index (κ1) is 20.8. The molecule has 27 heavy (non-hydrogen) atoms. The summed E-state index contributed by atoms with van der Waals surface area (Å²) in [6, 6.07) is 12.1. The molecule has 1 atom stereocenters. The van der Waals surface area contributed by atoms with E-state index < -0.39 is 6.10 Å². The van der Waals surface area contributed by atoms with Crippen molar-refractivity contribution in [2.75, 3.05) is 13.2 Å². The number of nitrogens with one attached hydrogen (secondary N) is 1. The van der Waals surface area contributed by atoms with Gasteiger partial charge in [0, 0.05) is 6.54 Å². The van der Waals surface area contributed by atoms with Crippen molar-refractivity contribution in [1.29, 1.82) is 0 Å². The minimum atomic E-state index is -0.527. The second-order valence-electron chi connectivity index (χ2n) is 6.90. The molecule has 4 nitrogen and oxygen atoms in total. The van der Waals surface area contributed by atoms with Gasteiger partial charge in [-0.1, -0.05) is 24.3 Å². The van der Waals surface area contributed by atoms with Gasteiger partial charge in [-0.05, 0) is 81.8 Å². The number of ether oxygens (including phenoxy) is 2. The van der Waals surface area contributed by atoms with Crippen LogP contribution in [0.2, 0.25) is 0 Å². The number of amides is 1. The number of para-hydroxylation sites is 1. The summed E-state index contributed by atoms with van der Waals surface area (Å²) in [4.78, 5) is 12.3. The van der Waals surface area contributed by atoms with E-state index in [2.05, 4.69) is 24.4 Å². The average molecular weight is 370 g/mol. The van der Waals surface area contributed by atoms with Crippen LogP contribution in [0.3, 0.4) is 0 Å². The topological polar surface area (TPSA) is 47.6 Å². The highest BCUT2D eigenvalue weighted by Crippen LogP contribution is 2.24. The number of carbonyl (C=O) groups excluding carboxylic acids is 1. The van der Waals surface area contributed by atoms with Gasteiger partial charge in [0.15, 0.2) is 6.10 Å². The zero-order chi connectivity index (χ0) is 19.8. The third-order valence-electron chi connectivity index (χ3n) is 4.63. The fraction of sp³-hybridized carbons (Fsp3) is 0.435. The highest BCUT2D eigenvalue weighted by molar-refractivity contribution is 5.80. The second-order valence-corrected chi connectivity index (χ2v) is 6.90. The first-order chi connectivity index (χ1) is 12.9. The van der Waals surface area contributed by atoms with Crippen molar-refractivity contribution in [2.24, 2.45) is 0 Å². The van der Waals surface area contributed by atoms with Crippen molar-refractivity contribution in [3.8, 4) is 11.5 Å². The van der Waals surface area contributed by atoms with Gasteiger partial charge in [0.05, 0.1) is 6.61 Å². The second kappa shape index (κ2) is 10.0. The number of aryl methyl sites for hydroxylation is 3. The van der Waals surface area contributed by atoms with E-state index >= 15 is 0 Å². The lowest BCUT2D eigenvalue weighted by Gasteiger charge is -2.18. The van der Waals surface area contributed by atoms with Crippen LogP contribution < -0.4 is 14.8 Å². The van der Waals surface area contributed by atoms with Gasteiger partial charge in [0.1, 0.15) is 11.5 Å². The largest absolute Gasteiger partial charge is 0.494 e. The molecule has 0 fully saturated rings. The van der Waals surface area contributed by atoms with Gasteiger partial charge in [-0.25, -0.2) is 0 Å². The molecule has 146 valence electrons. The van der Waals surface area contributed by atoms with E-state index in [0.29, 0.717) is 13.2 Å². The van der Waals surface area contributed by atoms with Crippen molar-refractivity contribution in [3.05, 3.63) is 58.7 Å². The summed E-state index contributed by atoms with van der Waals surface area (Å²) in [5, 5.41) is 2.97. The van der Waals surface area contributed by atoms with Crippen molar-refractivity contribution in [2.45, 2.75) is 53.6 Å². The summed E-state index contributed by atoms with van der Waals surface area (Å²) in [6.07, 6.45) is 1.19. The lowest BCUT2D eigenvalue weighted by molar-refractivity contribution is -0.127. The molecule has 0 aliphatic rings. The van der Waals surface area contributed by atoms with Crippen LogP contribution in [0.5, 0.6) is 11.5 Å². The van der Waals surface area contributed by atoms with Gasteiger partial charge < -0.3 is 14.8 Å². The van der Waals surface area contributed by atoms with E-state index in [9.17, 15) is 4.79 Å². The predicted molar refractivity (Wildman–Crippen MR) is 110 cm³/mol. The molecule has 1 N–H and O–H groups in total. The molecule has 0 heterocycles. The van der Waals surface area contributed by atoms with Gasteiger partial charge in [-0.15, -0.1) is 0 Å². The van der Waals surface area contributed by atoms with E-state index in [4.69, 9.17) is 9.47 Å². The Morgan fingerprint density at radius 1 is 1.11 bits per heavy atom. The molecule has 0 saturated carbocycles. The molecule has 0 bridgehead atoms. The zero-order valence-corrected chi connectivity index (χ0v) is 17.1. The Labute approximate surface area is 162 Å². The summed E-state index contributed by atoms with van der Waals surface area (Å²) in [6.45, 7) is 11.1. The van der Waals surface area contributed by atoms with Gasteiger partial charge in [0.2, 0.25) is 0 Å². The Balaban J connectivity index is 1.82. The molecule has 0 saturated heterocycles. The summed E-state index contributed by atoms with van der Waals surface area (Å²) in [5.41, 5.74) is 4.55. The Morgan fingerprint density at radius 3 is 2.59 bits per heavy atom. The normalized spacial score (nSPS) is 11.7. The highest BCUT2D eigenvalue weighted by atomic mass is 16.5. The lowest BCUT2D eigenvalue weighted by Crippen LogP contribution is -2.37. The third kappa shape index (κ3) is 6.02. The Kier molecular flexibility index (Phi) is 7.71. The van der Waals surface area contributed by atoms with E-state index in [1.165, 1.54) is 11.1 Å². The Bertz CT molecular complexity index is 770. The molecule has 2 aromatic carbocycles. The van der Waals surface area contributed by atoms with Crippen molar-refractivity contribution >= 4 is 5.91 Å². The molecule has 0 aliphatic carbocycles. The molecule has 0 aliphatic heterocycles. The SMILES string of the molecule is CCOc1ccccc1CCCNC(=O)[C@H](C)Oc1cc(C)cc(C)c1C. The van der Waals surface area contributed by atoms with E-state index in [1.807, 2.05) is 45.0 Å². The molecule has 1 amide bonds. The minimum Gasteiger partial charge on any atom is -0.494 e. The summed E-state index contributed by atoms with van der Waals surface area (Å²) >= 11 is 0. The lowest BCUT2D eigenvalue weighted by atomic mass is 10.1. The van der Waals surface area contributed by atoms with Crippen LogP contribution in [0, 0.1) is 20.8 Å². The number of benzene rings is 2. The smallest absolute Gasteiger partial charge is 0.260 e.